The number of rotatable bonds is 14. The fourth-order valence-electron chi connectivity index (χ4n) is 4.37. The number of hydrogen-bond acceptors (Lipinski definition) is 6. The monoisotopic (exact) mass is 567 g/mol. The van der Waals surface area contributed by atoms with Crippen LogP contribution >= 0.6 is 12.6 Å². The van der Waals surface area contributed by atoms with E-state index in [-0.39, 0.29) is 24.5 Å². The van der Waals surface area contributed by atoms with E-state index in [1.165, 1.54) is 0 Å². The average molecular weight is 568 g/mol. The Morgan fingerprint density at radius 1 is 0.900 bits per heavy atom. The van der Waals surface area contributed by atoms with Gasteiger partial charge in [0.25, 0.3) is 0 Å². The number of aromatic amines is 1. The molecule has 40 heavy (non-hydrogen) atoms. The summed E-state index contributed by atoms with van der Waals surface area (Å²) in [4.78, 5) is 54.2. The van der Waals surface area contributed by atoms with Gasteiger partial charge in [0.2, 0.25) is 17.7 Å². The highest BCUT2D eigenvalue weighted by molar-refractivity contribution is 7.80. The Hall–Kier alpha value is -3.83. The van der Waals surface area contributed by atoms with Crippen molar-refractivity contribution >= 4 is 47.2 Å². The van der Waals surface area contributed by atoms with Gasteiger partial charge in [-0.25, -0.2) is 4.79 Å². The Kier molecular flexibility index (Phi) is 11.2. The van der Waals surface area contributed by atoms with E-state index >= 15 is 0 Å². The van der Waals surface area contributed by atoms with E-state index in [9.17, 15) is 24.3 Å². The summed E-state index contributed by atoms with van der Waals surface area (Å²) in [5, 5.41) is 18.4. The van der Waals surface area contributed by atoms with Crippen LogP contribution in [0.5, 0.6) is 0 Å². The second-order valence-corrected chi connectivity index (χ2v) is 10.2. The number of amides is 3. The Morgan fingerprint density at radius 3 is 2.17 bits per heavy atom. The number of carbonyl (C=O) groups is 4. The number of hydrogen-bond donors (Lipinski definition) is 7. The average Bonchev–Trinajstić information content (AvgIpc) is 3.36. The van der Waals surface area contributed by atoms with Gasteiger partial charge in [0.1, 0.15) is 18.1 Å². The van der Waals surface area contributed by atoms with Crippen LogP contribution in [-0.4, -0.2) is 63.7 Å². The van der Waals surface area contributed by atoms with Crippen LogP contribution in [0, 0.1) is 5.92 Å². The predicted octanol–water partition coefficient (Wildman–Crippen LogP) is 1.80. The quantitative estimate of drug-likeness (QED) is 0.147. The third-order valence-corrected chi connectivity index (χ3v) is 7.32. The summed E-state index contributed by atoms with van der Waals surface area (Å²) >= 11 is 4.19. The maximum Gasteiger partial charge on any atom is 0.326 e. The van der Waals surface area contributed by atoms with Crippen LogP contribution in [0.1, 0.15) is 31.4 Å². The number of para-hydroxylation sites is 1. The van der Waals surface area contributed by atoms with Crippen molar-refractivity contribution in [2.24, 2.45) is 11.7 Å². The minimum absolute atomic E-state index is 0.0729. The molecule has 0 saturated heterocycles. The molecule has 0 fully saturated rings. The largest absolute Gasteiger partial charge is 0.480 e. The molecule has 11 heteroatoms. The maximum absolute atomic E-state index is 13.4. The van der Waals surface area contributed by atoms with Gasteiger partial charge in [-0.15, -0.1) is 0 Å². The summed E-state index contributed by atoms with van der Waals surface area (Å²) in [6.07, 6.45) is 2.76. The van der Waals surface area contributed by atoms with Crippen LogP contribution in [0.3, 0.4) is 0 Å². The lowest BCUT2D eigenvalue weighted by atomic mass is 9.99. The van der Waals surface area contributed by atoms with Crippen LogP contribution in [0.4, 0.5) is 0 Å². The van der Waals surface area contributed by atoms with E-state index in [4.69, 9.17) is 5.73 Å². The molecule has 7 N–H and O–H groups in total. The van der Waals surface area contributed by atoms with Crippen molar-refractivity contribution in [3.63, 3.8) is 0 Å². The number of H-pyrrole nitrogens is 1. The minimum Gasteiger partial charge on any atom is -0.480 e. The van der Waals surface area contributed by atoms with Crippen LogP contribution < -0.4 is 21.7 Å². The third kappa shape index (κ3) is 8.09. The molecule has 0 aliphatic heterocycles. The smallest absolute Gasteiger partial charge is 0.326 e. The van der Waals surface area contributed by atoms with Gasteiger partial charge >= 0.3 is 5.97 Å². The molecule has 1 heterocycles. The Morgan fingerprint density at radius 2 is 1.52 bits per heavy atom. The number of carbonyl (C=O) groups excluding carboxylic acids is 3. The first-order valence-corrected chi connectivity index (χ1v) is 13.9. The molecular weight excluding hydrogens is 530 g/mol. The summed E-state index contributed by atoms with van der Waals surface area (Å²) in [5.41, 5.74) is 8.86. The van der Waals surface area contributed by atoms with E-state index in [0.29, 0.717) is 6.42 Å². The Balaban J connectivity index is 1.73. The van der Waals surface area contributed by atoms with E-state index in [1.807, 2.05) is 67.7 Å². The van der Waals surface area contributed by atoms with Crippen molar-refractivity contribution < 1.29 is 24.3 Å². The normalized spacial score (nSPS) is 14.9. The van der Waals surface area contributed by atoms with Gasteiger partial charge in [-0.2, -0.15) is 12.6 Å². The van der Waals surface area contributed by atoms with E-state index in [1.54, 1.807) is 6.92 Å². The zero-order valence-corrected chi connectivity index (χ0v) is 23.5. The zero-order valence-electron chi connectivity index (χ0n) is 22.6. The van der Waals surface area contributed by atoms with Gasteiger partial charge in [-0.3, -0.25) is 14.4 Å². The van der Waals surface area contributed by atoms with Crippen LogP contribution in [0.15, 0.2) is 60.8 Å². The number of nitrogens with one attached hydrogen (secondary N) is 4. The molecule has 0 radical (unpaired) electrons. The van der Waals surface area contributed by atoms with Crippen molar-refractivity contribution in [2.45, 2.75) is 57.3 Å². The molecule has 1 aromatic heterocycles. The van der Waals surface area contributed by atoms with Crippen LogP contribution in [0.25, 0.3) is 10.9 Å². The molecule has 10 nitrogen and oxygen atoms in total. The summed E-state index contributed by atoms with van der Waals surface area (Å²) in [7, 11) is 0. The standard InChI is InChI=1S/C29H37N5O5S/c1-3-17(2)25(29(38)39)34-28(37)24(16-40)33-27(36)23(13-18-9-5-4-6-10-18)32-26(35)21(30)14-19-15-31-22-12-8-7-11-20(19)22/h4-12,15,17,21,23-25,31,40H,3,13-14,16,30H2,1-2H3,(H,32,35)(H,33,36)(H,34,37)(H,38,39). The van der Waals surface area contributed by atoms with Crippen molar-refractivity contribution in [1.82, 2.24) is 20.9 Å². The highest BCUT2D eigenvalue weighted by Gasteiger charge is 2.31. The molecule has 3 aromatic rings. The number of nitrogens with two attached hydrogens (primary N) is 1. The van der Waals surface area contributed by atoms with E-state index in [2.05, 4.69) is 33.6 Å². The summed E-state index contributed by atoms with van der Waals surface area (Å²) in [6, 6.07) is 12.6. The lowest BCUT2D eigenvalue weighted by molar-refractivity contribution is -0.143. The third-order valence-electron chi connectivity index (χ3n) is 6.96. The summed E-state index contributed by atoms with van der Waals surface area (Å²) in [6.45, 7) is 3.54. The minimum atomic E-state index is -1.16. The number of aliphatic carboxylic acids is 1. The first kappa shape index (κ1) is 30.7. The number of aromatic nitrogens is 1. The van der Waals surface area contributed by atoms with Gasteiger partial charge in [0.15, 0.2) is 0 Å². The van der Waals surface area contributed by atoms with Gasteiger partial charge in [-0.05, 0) is 29.5 Å². The van der Waals surface area contributed by atoms with Crippen LogP contribution in [-0.2, 0) is 32.0 Å². The fourth-order valence-corrected chi connectivity index (χ4v) is 4.63. The maximum atomic E-state index is 13.4. The molecule has 3 rings (SSSR count). The van der Waals surface area contributed by atoms with Crippen molar-refractivity contribution in [1.29, 1.82) is 0 Å². The molecule has 0 aliphatic carbocycles. The molecule has 5 atom stereocenters. The number of fused-ring (bicyclic) bond motifs is 1. The SMILES string of the molecule is CCC(C)C(NC(=O)C(CS)NC(=O)C(Cc1ccccc1)NC(=O)C(N)Cc1c[nH]c2ccccc12)C(=O)O. The van der Waals surface area contributed by atoms with Gasteiger partial charge in [-0.1, -0.05) is 68.8 Å². The van der Waals surface area contributed by atoms with Crippen molar-refractivity contribution in [2.75, 3.05) is 5.75 Å². The zero-order chi connectivity index (χ0) is 29.2. The van der Waals surface area contributed by atoms with Gasteiger partial charge in [0, 0.05) is 29.3 Å². The van der Waals surface area contributed by atoms with Crippen LogP contribution in [0.2, 0.25) is 0 Å². The molecule has 0 bridgehead atoms. The van der Waals surface area contributed by atoms with E-state index < -0.39 is 47.9 Å². The lowest BCUT2D eigenvalue weighted by Crippen LogP contribution is -2.58. The lowest BCUT2D eigenvalue weighted by Gasteiger charge is -2.26. The van der Waals surface area contributed by atoms with Gasteiger partial charge in [0.05, 0.1) is 6.04 Å². The molecular formula is C29H37N5O5S. The highest BCUT2D eigenvalue weighted by Crippen LogP contribution is 2.19. The fraction of sp³-hybridized carbons (Fsp3) is 0.379. The summed E-state index contributed by atoms with van der Waals surface area (Å²) < 4.78 is 0. The molecule has 214 valence electrons. The highest BCUT2D eigenvalue weighted by atomic mass is 32.1. The first-order chi connectivity index (χ1) is 19.1. The number of carboxylic acids is 1. The number of thiol groups is 1. The molecule has 0 saturated carbocycles. The molecule has 5 unspecified atom stereocenters. The molecule has 0 aliphatic rings. The van der Waals surface area contributed by atoms with Crippen molar-refractivity contribution in [3.8, 4) is 0 Å². The topological polar surface area (TPSA) is 166 Å². The van der Waals surface area contributed by atoms with E-state index in [0.717, 1.165) is 22.0 Å². The second-order valence-electron chi connectivity index (χ2n) is 9.87. The molecule has 0 spiro atoms. The second kappa shape index (κ2) is 14.5. The number of benzene rings is 2. The Labute approximate surface area is 238 Å². The van der Waals surface area contributed by atoms with Gasteiger partial charge < -0.3 is 31.8 Å². The van der Waals surface area contributed by atoms with Crippen molar-refractivity contribution in [3.05, 3.63) is 71.9 Å². The predicted molar refractivity (Wildman–Crippen MR) is 157 cm³/mol. The summed E-state index contributed by atoms with van der Waals surface area (Å²) in [5.74, 6) is -3.35. The molecule has 3 amide bonds. The molecule has 2 aromatic carbocycles. The number of carboxylic acid groups (broad SMARTS) is 1. The first-order valence-electron chi connectivity index (χ1n) is 13.2. The Bertz CT molecular complexity index is 1310.